The number of fused-ring (bicyclic) bond motifs is 1. The number of carbonyl (C=O) groups is 1. The van der Waals surface area contributed by atoms with Crippen molar-refractivity contribution in [2.45, 2.75) is 0 Å². The van der Waals surface area contributed by atoms with Crippen molar-refractivity contribution in [2.75, 3.05) is 0 Å². The topological polar surface area (TPSA) is 39.2 Å². The van der Waals surface area contributed by atoms with Crippen LogP contribution in [0.15, 0.2) is 36.4 Å². The van der Waals surface area contributed by atoms with Gasteiger partial charge in [0, 0.05) is 11.6 Å². The highest BCUT2D eigenvalue weighted by Crippen LogP contribution is 2.33. The molecule has 1 heterocycles. The minimum Gasteiger partial charge on any atom is -0.431 e. The second kappa shape index (κ2) is 4.97. The lowest BCUT2D eigenvalue weighted by Gasteiger charge is -2.00. The summed E-state index contributed by atoms with van der Waals surface area (Å²) < 4.78 is 32.4. The normalized spacial score (nSPS) is 10.7. The Kier molecular flexibility index (Phi) is 3.15. The van der Waals surface area contributed by atoms with Crippen molar-refractivity contribution >= 4 is 27.8 Å². The molecule has 0 N–H and O–H groups in total. The van der Waals surface area contributed by atoms with Gasteiger partial charge in [-0.1, -0.05) is 11.3 Å². The Bertz CT molecular complexity index is 784. The highest BCUT2D eigenvalue weighted by molar-refractivity contribution is 7.20. The Balaban J connectivity index is 1.94. The van der Waals surface area contributed by atoms with E-state index in [0.717, 1.165) is 23.7 Å². The van der Waals surface area contributed by atoms with E-state index in [1.54, 1.807) is 24.3 Å². The number of aromatic nitrogens is 1. The second-order valence-electron chi connectivity index (χ2n) is 4.00. The average molecular weight is 291 g/mol. The van der Waals surface area contributed by atoms with Crippen LogP contribution < -0.4 is 4.74 Å². The van der Waals surface area contributed by atoms with Gasteiger partial charge in [-0.25, -0.2) is 8.78 Å². The van der Waals surface area contributed by atoms with Gasteiger partial charge in [-0.05, 0) is 30.3 Å². The maximum Gasteiger partial charge on any atom is 0.279 e. The summed E-state index contributed by atoms with van der Waals surface area (Å²) in [5.41, 5.74) is 0.602. The Hall–Kier alpha value is -2.34. The summed E-state index contributed by atoms with van der Waals surface area (Å²) in [4.78, 5) is 14.5. The quantitative estimate of drug-likeness (QED) is 0.680. The van der Waals surface area contributed by atoms with Gasteiger partial charge in [0.15, 0.2) is 5.82 Å². The van der Waals surface area contributed by atoms with Crippen LogP contribution in [0.1, 0.15) is 10.4 Å². The molecule has 3 nitrogen and oxygen atoms in total. The summed E-state index contributed by atoms with van der Waals surface area (Å²) in [7, 11) is 0. The van der Waals surface area contributed by atoms with Crippen LogP contribution in [0.25, 0.3) is 10.2 Å². The zero-order valence-corrected chi connectivity index (χ0v) is 10.8. The van der Waals surface area contributed by atoms with Crippen molar-refractivity contribution in [2.24, 2.45) is 0 Å². The van der Waals surface area contributed by atoms with Crippen LogP contribution in [-0.2, 0) is 0 Å². The molecule has 2 aromatic carbocycles. The maximum absolute atomic E-state index is 13.5. The number of thiazole rings is 1. The molecule has 0 bridgehead atoms. The van der Waals surface area contributed by atoms with Crippen LogP contribution in [0.4, 0.5) is 8.78 Å². The number of rotatable bonds is 3. The van der Waals surface area contributed by atoms with Gasteiger partial charge in [-0.3, -0.25) is 4.79 Å². The number of hydrogen-bond donors (Lipinski definition) is 0. The molecule has 0 spiro atoms. The van der Waals surface area contributed by atoms with E-state index in [4.69, 9.17) is 4.74 Å². The van der Waals surface area contributed by atoms with Gasteiger partial charge in [0.2, 0.25) is 0 Å². The Morgan fingerprint density at radius 3 is 2.60 bits per heavy atom. The predicted molar refractivity (Wildman–Crippen MR) is 71.4 cm³/mol. The van der Waals surface area contributed by atoms with Crippen molar-refractivity contribution in [1.82, 2.24) is 4.98 Å². The van der Waals surface area contributed by atoms with E-state index < -0.39 is 11.6 Å². The predicted octanol–water partition coefficient (Wildman–Crippen LogP) is 4.18. The summed E-state index contributed by atoms with van der Waals surface area (Å²) >= 11 is 1.05. The molecule has 3 aromatic rings. The molecule has 0 fully saturated rings. The molecule has 0 unspecified atom stereocenters. The summed E-state index contributed by atoms with van der Waals surface area (Å²) in [6.45, 7) is 0. The average Bonchev–Trinajstić information content (AvgIpc) is 2.82. The highest BCUT2D eigenvalue weighted by Gasteiger charge is 2.11. The molecular formula is C14H7F2NO2S. The maximum atomic E-state index is 13.5. The molecule has 100 valence electrons. The fourth-order valence-electron chi connectivity index (χ4n) is 1.70. The standard InChI is InChI=1S/C14H7F2NO2S/c15-9-5-11(16)13-12(6-9)20-14(17-13)19-10-3-1-8(7-18)2-4-10/h1-7H. The number of aldehydes is 1. The van der Waals surface area contributed by atoms with Crippen LogP contribution in [0.2, 0.25) is 0 Å². The van der Waals surface area contributed by atoms with Gasteiger partial charge in [0.25, 0.3) is 5.19 Å². The van der Waals surface area contributed by atoms with Crippen molar-refractivity contribution in [3.05, 3.63) is 53.6 Å². The molecule has 0 aliphatic rings. The number of ether oxygens (including phenoxy) is 1. The Morgan fingerprint density at radius 2 is 1.90 bits per heavy atom. The highest BCUT2D eigenvalue weighted by atomic mass is 32.1. The molecule has 0 atom stereocenters. The van der Waals surface area contributed by atoms with Crippen LogP contribution >= 0.6 is 11.3 Å². The lowest BCUT2D eigenvalue weighted by Crippen LogP contribution is -1.85. The first-order valence-corrected chi connectivity index (χ1v) is 6.46. The van der Waals surface area contributed by atoms with Gasteiger partial charge >= 0.3 is 0 Å². The lowest BCUT2D eigenvalue weighted by molar-refractivity contribution is 0.112. The van der Waals surface area contributed by atoms with Crippen LogP contribution in [0, 0.1) is 11.6 Å². The SMILES string of the molecule is O=Cc1ccc(Oc2nc3c(F)cc(F)cc3s2)cc1. The summed E-state index contributed by atoms with van der Waals surface area (Å²) in [5, 5.41) is 0.211. The first-order valence-electron chi connectivity index (χ1n) is 5.64. The zero-order valence-electron chi connectivity index (χ0n) is 9.97. The van der Waals surface area contributed by atoms with Gasteiger partial charge in [0.05, 0.1) is 4.70 Å². The first kappa shape index (κ1) is 12.7. The van der Waals surface area contributed by atoms with Crippen molar-refractivity contribution in [1.29, 1.82) is 0 Å². The number of carbonyl (C=O) groups excluding carboxylic acids is 1. The van der Waals surface area contributed by atoms with E-state index in [9.17, 15) is 13.6 Å². The van der Waals surface area contributed by atoms with E-state index in [0.29, 0.717) is 16.0 Å². The second-order valence-corrected chi connectivity index (χ2v) is 5.00. The molecule has 0 amide bonds. The van der Waals surface area contributed by atoms with Crippen LogP contribution in [0.5, 0.6) is 10.9 Å². The van der Waals surface area contributed by atoms with Crippen LogP contribution in [-0.4, -0.2) is 11.3 Å². The van der Waals surface area contributed by atoms with Gasteiger partial charge in [-0.15, -0.1) is 0 Å². The number of halogens is 2. The smallest absolute Gasteiger partial charge is 0.279 e. The Morgan fingerprint density at radius 1 is 1.15 bits per heavy atom. The number of hydrogen-bond acceptors (Lipinski definition) is 4. The minimum atomic E-state index is -0.720. The number of nitrogens with zero attached hydrogens (tertiary/aromatic N) is 1. The third kappa shape index (κ3) is 2.37. The first-order chi connectivity index (χ1) is 9.65. The zero-order chi connectivity index (χ0) is 14.1. The van der Waals surface area contributed by atoms with Crippen molar-refractivity contribution < 1.29 is 18.3 Å². The summed E-state index contributed by atoms with van der Waals surface area (Å²) in [6.07, 6.45) is 0.722. The molecule has 0 saturated heterocycles. The van der Waals surface area contributed by atoms with E-state index in [-0.39, 0.29) is 10.7 Å². The molecule has 20 heavy (non-hydrogen) atoms. The van der Waals surface area contributed by atoms with Gasteiger partial charge < -0.3 is 4.74 Å². The van der Waals surface area contributed by atoms with Crippen LogP contribution in [0.3, 0.4) is 0 Å². The molecule has 0 saturated carbocycles. The van der Waals surface area contributed by atoms with Crippen molar-refractivity contribution in [3.8, 4) is 10.9 Å². The van der Waals surface area contributed by atoms with E-state index in [1.807, 2.05) is 0 Å². The molecule has 1 aromatic heterocycles. The molecule has 0 aliphatic heterocycles. The molecule has 0 radical (unpaired) electrons. The minimum absolute atomic E-state index is 0.0795. The lowest BCUT2D eigenvalue weighted by atomic mass is 10.2. The van der Waals surface area contributed by atoms with E-state index in [2.05, 4.69) is 4.98 Å². The van der Waals surface area contributed by atoms with Gasteiger partial charge in [0.1, 0.15) is 23.4 Å². The fraction of sp³-hybridized carbons (Fsp3) is 0. The molecular weight excluding hydrogens is 284 g/mol. The third-order valence-corrected chi connectivity index (χ3v) is 3.50. The number of benzene rings is 2. The van der Waals surface area contributed by atoms with E-state index >= 15 is 0 Å². The molecule has 0 aliphatic carbocycles. The molecule has 3 rings (SSSR count). The molecule has 6 heteroatoms. The van der Waals surface area contributed by atoms with E-state index in [1.165, 1.54) is 6.07 Å². The third-order valence-electron chi connectivity index (χ3n) is 2.61. The Labute approximate surface area is 116 Å². The largest absolute Gasteiger partial charge is 0.431 e. The monoisotopic (exact) mass is 291 g/mol. The fourth-order valence-corrected chi connectivity index (χ4v) is 2.57. The summed E-state index contributed by atoms with van der Waals surface area (Å²) in [6, 6.07) is 8.38. The van der Waals surface area contributed by atoms with Crippen molar-refractivity contribution in [3.63, 3.8) is 0 Å². The summed E-state index contributed by atoms with van der Waals surface area (Å²) in [5.74, 6) is -0.904. The van der Waals surface area contributed by atoms with Gasteiger partial charge in [-0.2, -0.15) is 4.98 Å².